The van der Waals surface area contributed by atoms with E-state index in [2.05, 4.69) is 31.0 Å². The summed E-state index contributed by atoms with van der Waals surface area (Å²) in [5.41, 5.74) is 5.52. The molecule has 3 rings (SSSR count). The second-order valence-corrected chi connectivity index (χ2v) is 5.59. The highest BCUT2D eigenvalue weighted by molar-refractivity contribution is 6.30. The number of benzene rings is 2. The summed E-state index contributed by atoms with van der Waals surface area (Å²) in [4.78, 5) is 4.48. The molecule has 1 heterocycles. The zero-order valence-corrected chi connectivity index (χ0v) is 13.0. The van der Waals surface area contributed by atoms with Crippen LogP contribution in [0.4, 0.5) is 0 Å². The van der Waals surface area contributed by atoms with Crippen LogP contribution in [0.1, 0.15) is 11.1 Å². The van der Waals surface area contributed by atoms with Crippen molar-refractivity contribution in [3.63, 3.8) is 0 Å². The van der Waals surface area contributed by atoms with Gasteiger partial charge in [-0.1, -0.05) is 35.4 Å². The molecule has 3 heteroatoms. The van der Waals surface area contributed by atoms with Gasteiger partial charge < -0.3 is 4.74 Å². The Balaban J connectivity index is 2.29. The predicted octanol–water partition coefficient (Wildman–Crippen LogP) is 5.18. The number of aryl methyl sites for hydroxylation is 2. The standard InChI is InChI=1S/C18H16ClNO/c1-11-8-12(2)18-16(9-11)15(10-17(19)20-18)13-4-6-14(21-3)7-5-13/h4-10H,1-3H3. The van der Waals surface area contributed by atoms with Crippen LogP contribution in [-0.2, 0) is 0 Å². The molecular weight excluding hydrogens is 282 g/mol. The molecule has 0 radical (unpaired) electrons. The summed E-state index contributed by atoms with van der Waals surface area (Å²) in [5, 5.41) is 1.64. The van der Waals surface area contributed by atoms with E-state index in [-0.39, 0.29) is 0 Å². The SMILES string of the molecule is COc1ccc(-c2cc(Cl)nc3c(C)cc(C)cc23)cc1. The van der Waals surface area contributed by atoms with E-state index >= 15 is 0 Å². The second-order valence-electron chi connectivity index (χ2n) is 5.20. The molecule has 0 aliphatic carbocycles. The maximum absolute atomic E-state index is 6.21. The van der Waals surface area contributed by atoms with Crippen LogP contribution in [0.15, 0.2) is 42.5 Å². The van der Waals surface area contributed by atoms with Crippen molar-refractivity contribution in [3.8, 4) is 16.9 Å². The maximum Gasteiger partial charge on any atom is 0.130 e. The third kappa shape index (κ3) is 2.59. The number of ether oxygens (including phenoxy) is 1. The molecule has 0 fully saturated rings. The molecule has 0 spiro atoms. The minimum atomic E-state index is 0.514. The van der Waals surface area contributed by atoms with Crippen molar-refractivity contribution in [2.24, 2.45) is 0 Å². The zero-order valence-electron chi connectivity index (χ0n) is 12.3. The number of methoxy groups -OCH3 is 1. The van der Waals surface area contributed by atoms with Gasteiger partial charge in [0.2, 0.25) is 0 Å². The maximum atomic E-state index is 6.21. The van der Waals surface area contributed by atoms with Crippen molar-refractivity contribution in [2.45, 2.75) is 13.8 Å². The number of hydrogen-bond donors (Lipinski definition) is 0. The monoisotopic (exact) mass is 297 g/mol. The van der Waals surface area contributed by atoms with E-state index in [0.29, 0.717) is 5.15 Å². The van der Waals surface area contributed by atoms with Gasteiger partial charge in [-0.05, 0) is 54.8 Å². The number of hydrogen-bond acceptors (Lipinski definition) is 2. The predicted molar refractivity (Wildman–Crippen MR) is 88.2 cm³/mol. The molecule has 0 saturated carbocycles. The first kappa shape index (κ1) is 13.9. The van der Waals surface area contributed by atoms with Gasteiger partial charge in [-0.3, -0.25) is 0 Å². The Morgan fingerprint density at radius 3 is 2.38 bits per heavy atom. The summed E-state index contributed by atoms with van der Waals surface area (Å²) in [6.07, 6.45) is 0. The van der Waals surface area contributed by atoms with Crippen LogP contribution in [0.5, 0.6) is 5.75 Å². The summed E-state index contributed by atoms with van der Waals surface area (Å²) in [5.74, 6) is 0.843. The molecule has 0 amide bonds. The average molecular weight is 298 g/mol. The number of aromatic nitrogens is 1. The Kier molecular flexibility index (Phi) is 3.56. The zero-order chi connectivity index (χ0) is 15.0. The lowest BCUT2D eigenvalue weighted by Gasteiger charge is -2.11. The number of nitrogens with zero attached hydrogens (tertiary/aromatic N) is 1. The normalized spacial score (nSPS) is 10.9. The van der Waals surface area contributed by atoms with Gasteiger partial charge in [0, 0.05) is 5.39 Å². The van der Waals surface area contributed by atoms with Gasteiger partial charge >= 0.3 is 0 Å². The van der Waals surface area contributed by atoms with E-state index in [4.69, 9.17) is 16.3 Å². The molecule has 0 bridgehead atoms. The van der Waals surface area contributed by atoms with Crippen LogP contribution >= 0.6 is 11.6 Å². The number of halogens is 1. The first-order valence-electron chi connectivity index (χ1n) is 6.80. The Morgan fingerprint density at radius 1 is 1.00 bits per heavy atom. The largest absolute Gasteiger partial charge is 0.497 e. The highest BCUT2D eigenvalue weighted by atomic mass is 35.5. The molecule has 0 atom stereocenters. The fourth-order valence-electron chi connectivity index (χ4n) is 2.66. The molecule has 1 aromatic heterocycles. The van der Waals surface area contributed by atoms with E-state index in [1.165, 1.54) is 5.56 Å². The van der Waals surface area contributed by atoms with E-state index in [1.54, 1.807) is 7.11 Å². The van der Waals surface area contributed by atoms with Crippen molar-refractivity contribution in [1.29, 1.82) is 0 Å². The molecule has 21 heavy (non-hydrogen) atoms. The average Bonchev–Trinajstić information content (AvgIpc) is 2.47. The fourth-order valence-corrected chi connectivity index (χ4v) is 2.85. The minimum absolute atomic E-state index is 0.514. The molecular formula is C18H16ClNO. The van der Waals surface area contributed by atoms with Crippen LogP contribution in [0.25, 0.3) is 22.0 Å². The van der Waals surface area contributed by atoms with Gasteiger partial charge in [-0.15, -0.1) is 0 Å². The number of pyridine rings is 1. The molecule has 2 aromatic carbocycles. The van der Waals surface area contributed by atoms with E-state index in [9.17, 15) is 0 Å². The van der Waals surface area contributed by atoms with Gasteiger partial charge in [-0.2, -0.15) is 0 Å². The lowest BCUT2D eigenvalue weighted by Crippen LogP contribution is -1.91. The lowest BCUT2D eigenvalue weighted by atomic mass is 9.98. The van der Waals surface area contributed by atoms with Crippen LogP contribution in [-0.4, -0.2) is 12.1 Å². The summed E-state index contributed by atoms with van der Waals surface area (Å²) in [6, 6.07) is 14.2. The van der Waals surface area contributed by atoms with Crippen molar-refractivity contribution >= 4 is 22.5 Å². The third-order valence-electron chi connectivity index (χ3n) is 3.62. The van der Waals surface area contributed by atoms with Crippen molar-refractivity contribution in [2.75, 3.05) is 7.11 Å². The molecule has 0 saturated heterocycles. The molecule has 0 aliphatic heterocycles. The Labute approximate surface area is 129 Å². The second kappa shape index (κ2) is 5.38. The van der Waals surface area contributed by atoms with Crippen molar-refractivity contribution in [3.05, 3.63) is 58.7 Å². The Bertz CT molecular complexity index is 810. The lowest BCUT2D eigenvalue weighted by molar-refractivity contribution is 0.415. The van der Waals surface area contributed by atoms with E-state index < -0.39 is 0 Å². The summed E-state index contributed by atoms with van der Waals surface area (Å²) in [7, 11) is 1.67. The van der Waals surface area contributed by atoms with Crippen LogP contribution in [0, 0.1) is 13.8 Å². The fraction of sp³-hybridized carbons (Fsp3) is 0.167. The third-order valence-corrected chi connectivity index (χ3v) is 3.81. The minimum Gasteiger partial charge on any atom is -0.497 e. The van der Waals surface area contributed by atoms with Crippen LogP contribution in [0.3, 0.4) is 0 Å². The molecule has 0 N–H and O–H groups in total. The highest BCUT2D eigenvalue weighted by Gasteiger charge is 2.10. The Hall–Kier alpha value is -2.06. The van der Waals surface area contributed by atoms with E-state index in [1.807, 2.05) is 30.3 Å². The van der Waals surface area contributed by atoms with Crippen molar-refractivity contribution in [1.82, 2.24) is 4.98 Å². The smallest absolute Gasteiger partial charge is 0.130 e. The molecule has 0 aliphatic rings. The summed E-state index contributed by atoms with van der Waals surface area (Å²) >= 11 is 6.21. The van der Waals surface area contributed by atoms with Crippen molar-refractivity contribution < 1.29 is 4.74 Å². The van der Waals surface area contributed by atoms with Gasteiger partial charge in [0.25, 0.3) is 0 Å². The summed E-state index contributed by atoms with van der Waals surface area (Å²) < 4.78 is 5.22. The molecule has 0 unspecified atom stereocenters. The first-order valence-corrected chi connectivity index (χ1v) is 7.18. The van der Waals surface area contributed by atoms with Crippen LogP contribution in [0.2, 0.25) is 5.15 Å². The topological polar surface area (TPSA) is 22.1 Å². The Morgan fingerprint density at radius 2 is 1.71 bits per heavy atom. The van der Waals surface area contributed by atoms with Gasteiger partial charge in [0.05, 0.1) is 12.6 Å². The number of fused-ring (bicyclic) bond motifs is 1. The quantitative estimate of drug-likeness (QED) is 0.608. The molecule has 2 nitrogen and oxygen atoms in total. The van der Waals surface area contributed by atoms with Gasteiger partial charge in [0.15, 0.2) is 0 Å². The molecule has 3 aromatic rings. The first-order chi connectivity index (χ1) is 10.1. The highest BCUT2D eigenvalue weighted by Crippen LogP contribution is 2.33. The number of rotatable bonds is 2. The van der Waals surface area contributed by atoms with Gasteiger partial charge in [0.1, 0.15) is 10.9 Å². The van der Waals surface area contributed by atoms with E-state index in [0.717, 1.165) is 33.3 Å². The summed E-state index contributed by atoms with van der Waals surface area (Å²) in [6.45, 7) is 4.16. The van der Waals surface area contributed by atoms with Crippen LogP contribution < -0.4 is 4.74 Å². The van der Waals surface area contributed by atoms with Gasteiger partial charge in [-0.25, -0.2) is 4.98 Å². The molecule has 106 valence electrons.